The Morgan fingerprint density at radius 2 is 1.95 bits per heavy atom. The first-order valence-electron chi connectivity index (χ1n) is 8.15. The molecule has 1 unspecified atom stereocenters. The number of nitrogens with two attached hydrogens (primary N) is 1. The van der Waals surface area contributed by atoms with Gasteiger partial charge < -0.3 is 11.1 Å². The standard InChI is InChI=1S/C16H30N2OS/c1-3-5-6-12-7-9-13(10-8-12)16(19)18-14(4-2)11-15(17)20/h12-14H,3-11H2,1-2H3,(H2,17,20)(H,18,19). The van der Waals surface area contributed by atoms with E-state index in [4.69, 9.17) is 18.0 Å². The van der Waals surface area contributed by atoms with Crippen molar-refractivity contribution in [3.05, 3.63) is 0 Å². The predicted octanol–water partition coefficient (Wildman–Crippen LogP) is 3.55. The van der Waals surface area contributed by atoms with E-state index in [1.54, 1.807) is 0 Å². The zero-order valence-corrected chi connectivity index (χ0v) is 13.8. The third-order valence-corrected chi connectivity index (χ3v) is 4.64. The smallest absolute Gasteiger partial charge is 0.223 e. The molecule has 1 amide bonds. The van der Waals surface area contributed by atoms with Crippen LogP contribution >= 0.6 is 12.2 Å². The van der Waals surface area contributed by atoms with E-state index in [1.165, 1.54) is 32.1 Å². The van der Waals surface area contributed by atoms with Gasteiger partial charge in [-0.05, 0) is 38.0 Å². The Kier molecular flexibility index (Phi) is 8.12. The number of rotatable bonds is 8. The van der Waals surface area contributed by atoms with Crippen molar-refractivity contribution in [1.29, 1.82) is 0 Å². The molecule has 1 aliphatic carbocycles. The van der Waals surface area contributed by atoms with Gasteiger partial charge in [-0.15, -0.1) is 0 Å². The lowest BCUT2D eigenvalue weighted by atomic mass is 9.79. The maximum atomic E-state index is 12.3. The Morgan fingerprint density at radius 1 is 1.30 bits per heavy atom. The summed E-state index contributed by atoms with van der Waals surface area (Å²) < 4.78 is 0. The highest BCUT2D eigenvalue weighted by Crippen LogP contribution is 2.32. The zero-order valence-electron chi connectivity index (χ0n) is 13.0. The van der Waals surface area contributed by atoms with E-state index in [0.29, 0.717) is 11.4 Å². The van der Waals surface area contributed by atoms with Crippen molar-refractivity contribution in [1.82, 2.24) is 5.32 Å². The molecule has 0 aromatic heterocycles. The van der Waals surface area contributed by atoms with Gasteiger partial charge in [0.05, 0.1) is 4.99 Å². The third kappa shape index (κ3) is 6.21. The van der Waals surface area contributed by atoms with Crippen LogP contribution in [0.2, 0.25) is 0 Å². The summed E-state index contributed by atoms with van der Waals surface area (Å²) in [6.07, 6.45) is 9.95. The molecule has 1 aliphatic rings. The number of amides is 1. The molecule has 20 heavy (non-hydrogen) atoms. The van der Waals surface area contributed by atoms with Crippen LogP contribution in [-0.2, 0) is 4.79 Å². The fourth-order valence-electron chi connectivity index (χ4n) is 3.07. The minimum Gasteiger partial charge on any atom is -0.393 e. The molecular weight excluding hydrogens is 268 g/mol. The Morgan fingerprint density at radius 3 is 2.45 bits per heavy atom. The average molecular weight is 298 g/mol. The monoisotopic (exact) mass is 298 g/mol. The number of carbonyl (C=O) groups is 1. The zero-order chi connectivity index (χ0) is 15.0. The van der Waals surface area contributed by atoms with Crippen molar-refractivity contribution in [3.63, 3.8) is 0 Å². The molecule has 0 saturated heterocycles. The van der Waals surface area contributed by atoms with E-state index < -0.39 is 0 Å². The molecule has 1 atom stereocenters. The third-order valence-electron chi connectivity index (χ3n) is 4.47. The van der Waals surface area contributed by atoms with Crippen LogP contribution in [-0.4, -0.2) is 16.9 Å². The summed E-state index contributed by atoms with van der Waals surface area (Å²) in [6.45, 7) is 4.30. The molecule has 0 heterocycles. The number of carbonyl (C=O) groups excluding carboxylic acids is 1. The fraction of sp³-hybridized carbons (Fsp3) is 0.875. The van der Waals surface area contributed by atoms with Crippen molar-refractivity contribution >= 4 is 23.1 Å². The van der Waals surface area contributed by atoms with Crippen LogP contribution in [0.1, 0.15) is 71.6 Å². The summed E-state index contributed by atoms with van der Waals surface area (Å²) in [4.78, 5) is 12.8. The van der Waals surface area contributed by atoms with Crippen LogP contribution in [0.15, 0.2) is 0 Å². The van der Waals surface area contributed by atoms with Crippen LogP contribution in [0, 0.1) is 11.8 Å². The number of thiocarbonyl (C=S) groups is 1. The van der Waals surface area contributed by atoms with Crippen molar-refractivity contribution < 1.29 is 4.79 Å². The molecule has 1 saturated carbocycles. The number of unbranched alkanes of at least 4 members (excludes halogenated alkanes) is 1. The van der Waals surface area contributed by atoms with Gasteiger partial charge in [-0.1, -0.05) is 45.3 Å². The van der Waals surface area contributed by atoms with Crippen LogP contribution < -0.4 is 11.1 Å². The number of hydrogen-bond donors (Lipinski definition) is 2. The van der Waals surface area contributed by atoms with E-state index in [-0.39, 0.29) is 17.9 Å². The Bertz CT molecular complexity index is 312. The van der Waals surface area contributed by atoms with Gasteiger partial charge in [-0.2, -0.15) is 0 Å². The lowest BCUT2D eigenvalue weighted by Gasteiger charge is -2.29. The van der Waals surface area contributed by atoms with Gasteiger partial charge in [0.25, 0.3) is 0 Å². The minimum absolute atomic E-state index is 0.109. The maximum absolute atomic E-state index is 12.3. The van der Waals surface area contributed by atoms with Gasteiger partial charge >= 0.3 is 0 Å². The SMILES string of the molecule is CCCCC1CCC(C(=O)NC(CC)CC(N)=S)CC1. The predicted molar refractivity (Wildman–Crippen MR) is 88.6 cm³/mol. The summed E-state index contributed by atoms with van der Waals surface area (Å²) in [5.74, 6) is 1.26. The average Bonchev–Trinajstić information content (AvgIpc) is 2.44. The molecule has 3 nitrogen and oxygen atoms in total. The Balaban J connectivity index is 2.32. The fourth-order valence-corrected chi connectivity index (χ4v) is 3.27. The Hall–Kier alpha value is -0.640. The van der Waals surface area contributed by atoms with Crippen LogP contribution in [0.5, 0.6) is 0 Å². The molecule has 1 fully saturated rings. The first kappa shape index (κ1) is 17.4. The van der Waals surface area contributed by atoms with Gasteiger partial charge in [0.1, 0.15) is 0 Å². The van der Waals surface area contributed by atoms with Gasteiger partial charge in [0.15, 0.2) is 0 Å². The minimum atomic E-state index is 0.109. The second-order valence-electron chi connectivity index (χ2n) is 6.14. The molecule has 0 bridgehead atoms. The van der Waals surface area contributed by atoms with Gasteiger partial charge in [-0.25, -0.2) is 0 Å². The van der Waals surface area contributed by atoms with E-state index >= 15 is 0 Å². The largest absolute Gasteiger partial charge is 0.393 e. The van der Waals surface area contributed by atoms with Crippen LogP contribution in [0.25, 0.3) is 0 Å². The molecule has 0 aromatic carbocycles. The molecule has 4 heteroatoms. The molecule has 1 rings (SSSR count). The van der Waals surface area contributed by atoms with Crippen molar-refractivity contribution in [2.45, 2.75) is 77.7 Å². The van der Waals surface area contributed by atoms with Crippen LogP contribution in [0.3, 0.4) is 0 Å². The van der Waals surface area contributed by atoms with Gasteiger partial charge in [0.2, 0.25) is 5.91 Å². The van der Waals surface area contributed by atoms with Gasteiger partial charge in [-0.3, -0.25) is 4.79 Å². The van der Waals surface area contributed by atoms with Crippen molar-refractivity contribution in [2.75, 3.05) is 0 Å². The van der Waals surface area contributed by atoms with Crippen molar-refractivity contribution in [2.24, 2.45) is 17.6 Å². The molecule has 0 aliphatic heterocycles. The molecule has 0 radical (unpaired) electrons. The highest BCUT2D eigenvalue weighted by atomic mass is 32.1. The first-order chi connectivity index (χ1) is 9.56. The van der Waals surface area contributed by atoms with E-state index in [2.05, 4.69) is 19.2 Å². The maximum Gasteiger partial charge on any atom is 0.223 e. The van der Waals surface area contributed by atoms with E-state index in [0.717, 1.165) is 25.2 Å². The van der Waals surface area contributed by atoms with Crippen LogP contribution in [0.4, 0.5) is 0 Å². The van der Waals surface area contributed by atoms with E-state index in [9.17, 15) is 4.79 Å². The quantitative estimate of drug-likeness (QED) is 0.674. The Labute approximate surface area is 129 Å². The normalized spacial score (nSPS) is 24.1. The topological polar surface area (TPSA) is 55.1 Å². The summed E-state index contributed by atoms with van der Waals surface area (Å²) in [5, 5.41) is 3.12. The second kappa shape index (κ2) is 9.32. The second-order valence-corrected chi connectivity index (χ2v) is 6.67. The van der Waals surface area contributed by atoms with Gasteiger partial charge in [0, 0.05) is 18.4 Å². The summed E-state index contributed by atoms with van der Waals surface area (Å²) in [5.41, 5.74) is 5.57. The summed E-state index contributed by atoms with van der Waals surface area (Å²) >= 11 is 4.93. The molecule has 116 valence electrons. The summed E-state index contributed by atoms with van der Waals surface area (Å²) in [7, 11) is 0. The lowest BCUT2D eigenvalue weighted by molar-refractivity contribution is -0.126. The summed E-state index contributed by atoms with van der Waals surface area (Å²) in [6, 6.07) is 0.109. The number of hydrogen-bond acceptors (Lipinski definition) is 2. The van der Waals surface area contributed by atoms with Crippen molar-refractivity contribution in [3.8, 4) is 0 Å². The highest BCUT2D eigenvalue weighted by molar-refractivity contribution is 7.80. The molecule has 0 spiro atoms. The molecule has 3 N–H and O–H groups in total. The molecular formula is C16H30N2OS. The van der Waals surface area contributed by atoms with E-state index in [1.807, 2.05) is 0 Å². The number of nitrogens with one attached hydrogen (secondary N) is 1. The lowest BCUT2D eigenvalue weighted by Crippen LogP contribution is -2.41. The highest BCUT2D eigenvalue weighted by Gasteiger charge is 2.27. The first-order valence-corrected chi connectivity index (χ1v) is 8.56. The molecule has 0 aromatic rings.